The van der Waals surface area contributed by atoms with E-state index in [0.717, 1.165) is 48.8 Å². The van der Waals surface area contributed by atoms with Crippen LogP contribution in [0.1, 0.15) is 133 Å². The first-order valence-corrected chi connectivity index (χ1v) is 18.7. The molecule has 2 heterocycles. The van der Waals surface area contributed by atoms with E-state index >= 15 is 0 Å². The quantitative estimate of drug-likeness (QED) is 0.155. The van der Waals surface area contributed by atoms with Gasteiger partial charge in [-0.2, -0.15) is 0 Å². The lowest BCUT2D eigenvalue weighted by atomic mass is 9.75. The number of hydrogen-bond donors (Lipinski definition) is 4. The lowest BCUT2D eigenvalue weighted by molar-refractivity contribution is -0.255. The zero-order valence-electron chi connectivity index (χ0n) is 30.1. The Bertz CT molecular complexity index is 1410. The molecule has 1 saturated carbocycles. The number of aliphatic hydroxyl groups excluding tert-OH is 1. The van der Waals surface area contributed by atoms with Crippen LogP contribution in [0.5, 0.6) is 0 Å². The number of anilines is 1. The van der Waals surface area contributed by atoms with Crippen LogP contribution in [-0.2, 0) is 30.5 Å². The van der Waals surface area contributed by atoms with E-state index in [2.05, 4.69) is 15.5 Å². The number of nitrogens with one attached hydrogen (secondary N) is 2. The molecule has 1 aliphatic carbocycles. The Morgan fingerprint density at radius 3 is 2.20 bits per heavy atom. The molecule has 0 aromatic heterocycles. The standard InChI is InChI=1S/C40H57N3O7/c1-40(2,3)42-38(48)34-23-20-28-10-8-9-11-33(28)43(34)25-32-24-35(29-16-14-27(26-44)15-17-29)50-39(49-32)30-18-21-31(22-19-30)41-36(45)12-6-4-5-7-13-37(46)47/h14-19,21-22,28,32-35,39,44H,4-13,20,23-26H2,1-3H3,(H,41,45)(H,42,48)(H,46,47)/t28-,32+,33-,34-,35-,39-/m1/s1. The third-order valence-electron chi connectivity index (χ3n) is 10.3. The van der Waals surface area contributed by atoms with Crippen LogP contribution in [0.2, 0.25) is 0 Å². The number of likely N-dealkylation sites (tertiary alicyclic amines) is 1. The Hall–Kier alpha value is -3.31. The molecule has 50 heavy (non-hydrogen) atoms. The Morgan fingerprint density at radius 2 is 1.52 bits per heavy atom. The molecule has 3 fully saturated rings. The summed E-state index contributed by atoms with van der Waals surface area (Å²) in [5.41, 5.74) is 3.09. The van der Waals surface area contributed by atoms with E-state index in [1.165, 1.54) is 19.3 Å². The van der Waals surface area contributed by atoms with Gasteiger partial charge in [-0.05, 0) is 88.5 Å². The second-order valence-corrected chi connectivity index (χ2v) is 15.5. The Labute approximate surface area is 297 Å². The summed E-state index contributed by atoms with van der Waals surface area (Å²) in [6.45, 7) is 6.71. The number of nitrogens with zero attached hydrogens (tertiary/aromatic N) is 1. The number of rotatable bonds is 14. The molecule has 4 N–H and O–H groups in total. The fourth-order valence-electron chi connectivity index (χ4n) is 7.86. The molecule has 0 unspecified atom stereocenters. The number of amides is 2. The fraction of sp³-hybridized carbons (Fsp3) is 0.625. The number of aliphatic hydroxyl groups is 1. The molecule has 0 spiro atoms. The highest BCUT2D eigenvalue weighted by Gasteiger charge is 2.44. The van der Waals surface area contributed by atoms with Gasteiger partial charge in [0.1, 0.15) is 0 Å². The molecule has 0 radical (unpaired) electrons. The molecule has 10 heteroatoms. The summed E-state index contributed by atoms with van der Waals surface area (Å²) in [5.74, 6) is -0.163. The van der Waals surface area contributed by atoms with Gasteiger partial charge in [-0.15, -0.1) is 0 Å². The van der Waals surface area contributed by atoms with Crippen LogP contribution in [0.25, 0.3) is 0 Å². The van der Waals surface area contributed by atoms with E-state index in [1.54, 1.807) is 0 Å². The predicted octanol–water partition coefficient (Wildman–Crippen LogP) is 7.03. The normalized spacial score (nSPS) is 25.8. The highest BCUT2D eigenvalue weighted by molar-refractivity contribution is 5.90. The molecule has 6 atom stereocenters. The first kappa shape index (κ1) is 37.9. The van der Waals surface area contributed by atoms with E-state index < -0.39 is 12.3 Å². The van der Waals surface area contributed by atoms with Crippen molar-refractivity contribution in [1.29, 1.82) is 0 Å². The number of benzene rings is 2. The second kappa shape index (κ2) is 17.8. The molecule has 10 nitrogen and oxygen atoms in total. The molecule has 2 aromatic rings. The average molecular weight is 692 g/mol. The van der Waals surface area contributed by atoms with Gasteiger partial charge in [0.25, 0.3) is 0 Å². The van der Waals surface area contributed by atoms with Gasteiger partial charge in [0, 0.05) is 48.6 Å². The summed E-state index contributed by atoms with van der Waals surface area (Å²) in [6, 6.07) is 15.6. The zero-order chi connectivity index (χ0) is 35.7. The number of carbonyl (C=O) groups is 3. The lowest BCUT2D eigenvalue weighted by Gasteiger charge is -2.50. The summed E-state index contributed by atoms with van der Waals surface area (Å²) in [5, 5.41) is 24.6. The largest absolute Gasteiger partial charge is 0.481 e. The van der Waals surface area contributed by atoms with E-state index in [9.17, 15) is 19.5 Å². The highest BCUT2D eigenvalue weighted by Crippen LogP contribution is 2.42. The zero-order valence-corrected chi connectivity index (χ0v) is 30.1. The number of carboxylic acids is 1. The van der Waals surface area contributed by atoms with Gasteiger partial charge in [-0.3, -0.25) is 19.3 Å². The Morgan fingerprint density at radius 1 is 0.840 bits per heavy atom. The molecule has 2 saturated heterocycles. The minimum atomic E-state index is -0.785. The Balaban J connectivity index is 1.29. The van der Waals surface area contributed by atoms with Crippen molar-refractivity contribution in [2.75, 3.05) is 11.9 Å². The first-order valence-electron chi connectivity index (χ1n) is 18.7. The SMILES string of the molecule is CC(C)(C)NC(=O)[C@H]1CC[C@H]2CCCC[C@H]2N1C[C@@H]1C[C@H](c2ccc(CO)cc2)O[C@H](c2ccc(NC(=O)CCCCCCC(=O)O)cc2)O1. The number of fused-ring (bicyclic) bond motifs is 1. The summed E-state index contributed by atoms with van der Waals surface area (Å²) in [4.78, 5) is 39.4. The third-order valence-corrected chi connectivity index (χ3v) is 10.3. The van der Waals surface area contributed by atoms with Crippen molar-refractivity contribution < 1.29 is 34.1 Å². The lowest BCUT2D eigenvalue weighted by Crippen LogP contribution is -2.61. The third kappa shape index (κ3) is 10.8. The summed E-state index contributed by atoms with van der Waals surface area (Å²) < 4.78 is 13.4. The number of carbonyl (C=O) groups excluding carboxylic acids is 2. The average Bonchev–Trinajstić information content (AvgIpc) is 3.09. The second-order valence-electron chi connectivity index (χ2n) is 15.5. The number of aliphatic carboxylic acids is 1. The maximum atomic E-state index is 13.7. The van der Waals surface area contributed by atoms with Crippen molar-refractivity contribution in [2.45, 2.75) is 147 Å². The summed E-state index contributed by atoms with van der Waals surface area (Å²) >= 11 is 0. The van der Waals surface area contributed by atoms with E-state index in [1.807, 2.05) is 69.3 Å². The van der Waals surface area contributed by atoms with Crippen LogP contribution in [0, 0.1) is 5.92 Å². The van der Waals surface area contributed by atoms with Crippen LogP contribution < -0.4 is 10.6 Å². The molecule has 2 aliphatic heterocycles. The smallest absolute Gasteiger partial charge is 0.303 e. The van der Waals surface area contributed by atoms with E-state index in [-0.39, 0.29) is 48.6 Å². The Kier molecular flexibility index (Phi) is 13.5. The number of carboxylic acid groups (broad SMARTS) is 1. The number of hydrogen-bond acceptors (Lipinski definition) is 7. The van der Waals surface area contributed by atoms with Gasteiger partial charge in [-0.25, -0.2) is 0 Å². The highest BCUT2D eigenvalue weighted by atomic mass is 16.7. The van der Waals surface area contributed by atoms with Crippen molar-refractivity contribution in [1.82, 2.24) is 10.2 Å². The predicted molar refractivity (Wildman–Crippen MR) is 192 cm³/mol. The molecule has 2 aromatic carbocycles. The monoisotopic (exact) mass is 691 g/mol. The van der Waals surface area contributed by atoms with E-state index in [0.29, 0.717) is 49.9 Å². The molecule has 274 valence electrons. The van der Waals surface area contributed by atoms with Crippen molar-refractivity contribution in [3.05, 3.63) is 65.2 Å². The van der Waals surface area contributed by atoms with Crippen molar-refractivity contribution in [3.63, 3.8) is 0 Å². The van der Waals surface area contributed by atoms with Crippen LogP contribution >= 0.6 is 0 Å². The number of piperidine rings is 1. The fourth-order valence-corrected chi connectivity index (χ4v) is 7.86. The van der Waals surface area contributed by atoms with Crippen molar-refractivity contribution >= 4 is 23.5 Å². The van der Waals surface area contributed by atoms with Gasteiger partial charge in [0.15, 0.2) is 6.29 Å². The molecule has 5 rings (SSSR count). The van der Waals surface area contributed by atoms with Gasteiger partial charge >= 0.3 is 5.97 Å². The van der Waals surface area contributed by atoms with Crippen LogP contribution in [0.3, 0.4) is 0 Å². The van der Waals surface area contributed by atoms with Gasteiger partial charge in [0.05, 0.1) is 24.9 Å². The van der Waals surface area contributed by atoms with Crippen molar-refractivity contribution in [2.24, 2.45) is 5.92 Å². The molecule has 3 aliphatic rings. The summed E-state index contributed by atoms with van der Waals surface area (Å²) in [7, 11) is 0. The van der Waals surface area contributed by atoms with Crippen LogP contribution in [0.15, 0.2) is 48.5 Å². The van der Waals surface area contributed by atoms with E-state index in [4.69, 9.17) is 14.6 Å². The molecular weight excluding hydrogens is 634 g/mol. The van der Waals surface area contributed by atoms with Crippen LogP contribution in [0.4, 0.5) is 5.69 Å². The first-order chi connectivity index (χ1) is 24.0. The number of ether oxygens (including phenoxy) is 2. The molecule has 2 amide bonds. The van der Waals surface area contributed by atoms with Gasteiger partial charge in [-0.1, -0.05) is 62.1 Å². The van der Waals surface area contributed by atoms with Crippen LogP contribution in [-0.4, -0.2) is 63.2 Å². The maximum absolute atomic E-state index is 13.7. The van der Waals surface area contributed by atoms with Gasteiger partial charge in [0.2, 0.25) is 11.8 Å². The molecule has 0 bridgehead atoms. The van der Waals surface area contributed by atoms with Crippen molar-refractivity contribution in [3.8, 4) is 0 Å². The maximum Gasteiger partial charge on any atom is 0.303 e. The molecular formula is C40H57N3O7. The minimum Gasteiger partial charge on any atom is -0.481 e. The summed E-state index contributed by atoms with van der Waals surface area (Å²) in [6.07, 6.45) is 9.76. The minimum absolute atomic E-state index is 0.0224. The number of unbranched alkanes of at least 4 members (excludes halogenated alkanes) is 3. The van der Waals surface area contributed by atoms with Gasteiger partial charge < -0.3 is 30.3 Å². The topological polar surface area (TPSA) is 137 Å².